The molecule has 2 amide bonds. The quantitative estimate of drug-likeness (QED) is 0.392. The Kier molecular flexibility index (Phi) is 7.28. The lowest BCUT2D eigenvalue weighted by atomic mass is 10.1. The van der Waals surface area contributed by atoms with E-state index >= 15 is 0 Å². The molecule has 0 spiro atoms. The molecule has 0 saturated carbocycles. The first-order chi connectivity index (χ1) is 15.1. The van der Waals surface area contributed by atoms with Crippen molar-refractivity contribution in [3.63, 3.8) is 0 Å². The van der Waals surface area contributed by atoms with Crippen LogP contribution in [0.25, 0.3) is 10.1 Å². The van der Waals surface area contributed by atoms with Crippen molar-refractivity contribution < 1.29 is 22.7 Å². The zero-order valence-electron chi connectivity index (χ0n) is 18.4. The SMILES string of the molecule is CCC(C)N(C(=O)Nc1ccc(Oc2ccc3sncc3c2)c(C(F)(F)F)c1)C(C)CC. The standard InChI is InChI=1S/C23H26F3N3O2S/c1-5-14(3)29(15(4)6-2)22(30)28-17-7-9-20(19(12-17)23(24,25)26)31-18-8-10-21-16(11-18)13-27-32-21/h7-15H,5-6H2,1-4H3,(H,28,30). The average molecular weight is 466 g/mol. The normalized spacial score (nSPS) is 13.6. The highest BCUT2D eigenvalue weighted by Gasteiger charge is 2.35. The summed E-state index contributed by atoms with van der Waals surface area (Å²) in [5.41, 5.74) is -0.902. The first kappa shape index (κ1) is 23.8. The van der Waals surface area contributed by atoms with Crippen LogP contribution in [0.15, 0.2) is 42.6 Å². The molecule has 0 radical (unpaired) electrons. The topological polar surface area (TPSA) is 54.5 Å². The fourth-order valence-electron chi connectivity index (χ4n) is 3.38. The number of rotatable bonds is 7. The van der Waals surface area contributed by atoms with Gasteiger partial charge in [0.2, 0.25) is 0 Å². The summed E-state index contributed by atoms with van der Waals surface area (Å²) in [4.78, 5) is 14.5. The van der Waals surface area contributed by atoms with Crippen LogP contribution in [0.3, 0.4) is 0 Å². The molecule has 0 aliphatic rings. The molecule has 2 unspecified atom stereocenters. The number of amides is 2. The molecular formula is C23H26F3N3O2S. The number of nitrogens with one attached hydrogen (secondary N) is 1. The van der Waals surface area contributed by atoms with Crippen LogP contribution in [0.4, 0.5) is 23.7 Å². The molecular weight excluding hydrogens is 439 g/mol. The Balaban J connectivity index is 1.88. The van der Waals surface area contributed by atoms with Crippen LogP contribution in [0.1, 0.15) is 46.1 Å². The third-order valence-corrected chi connectivity index (χ3v) is 6.23. The van der Waals surface area contributed by atoms with Gasteiger partial charge in [0.25, 0.3) is 0 Å². The second-order valence-corrected chi connectivity index (χ2v) is 8.52. The second kappa shape index (κ2) is 9.77. The van der Waals surface area contributed by atoms with Gasteiger partial charge in [0, 0.05) is 29.4 Å². The number of ether oxygens (including phenoxy) is 1. The van der Waals surface area contributed by atoms with Gasteiger partial charge >= 0.3 is 12.2 Å². The number of aromatic nitrogens is 1. The monoisotopic (exact) mass is 465 g/mol. The first-order valence-electron chi connectivity index (χ1n) is 10.5. The molecule has 0 aliphatic heterocycles. The van der Waals surface area contributed by atoms with Gasteiger partial charge in [0.05, 0.1) is 4.70 Å². The van der Waals surface area contributed by atoms with E-state index in [2.05, 4.69) is 9.69 Å². The van der Waals surface area contributed by atoms with E-state index in [0.717, 1.165) is 29.0 Å². The van der Waals surface area contributed by atoms with Crippen LogP contribution >= 0.6 is 11.5 Å². The van der Waals surface area contributed by atoms with E-state index in [4.69, 9.17) is 4.74 Å². The highest BCUT2D eigenvalue weighted by molar-refractivity contribution is 7.13. The second-order valence-electron chi connectivity index (χ2n) is 7.69. The van der Waals surface area contributed by atoms with Gasteiger partial charge in [-0.15, -0.1) is 0 Å². The molecule has 1 N–H and O–H groups in total. The number of halogens is 3. The van der Waals surface area contributed by atoms with Gasteiger partial charge in [-0.25, -0.2) is 4.79 Å². The fourth-order valence-corrected chi connectivity index (χ4v) is 4.00. The van der Waals surface area contributed by atoms with E-state index in [9.17, 15) is 18.0 Å². The van der Waals surface area contributed by atoms with Crippen LogP contribution in [0.5, 0.6) is 11.5 Å². The Labute approximate surface area is 189 Å². The minimum Gasteiger partial charge on any atom is -0.457 e. The number of alkyl halides is 3. The average Bonchev–Trinajstić information content (AvgIpc) is 3.21. The predicted octanol–water partition coefficient (Wildman–Crippen LogP) is 7.54. The van der Waals surface area contributed by atoms with Crippen molar-refractivity contribution in [2.75, 3.05) is 5.32 Å². The van der Waals surface area contributed by atoms with Gasteiger partial charge in [0.1, 0.15) is 17.1 Å². The summed E-state index contributed by atoms with van der Waals surface area (Å²) in [6, 6.07) is 8.03. The van der Waals surface area contributed by atoms with Gasteiger partial charge in [-0.05, 0) is 74.6 Å². The number of urea groups is 1. The Morgan fingerprint density at radius 3 is 2.44 bits per heavy atom. The van der Waals surface area contributed by atoms with Crippen molar-refractivity contribution in [2.24, 2.45) is 0 Å². The van der Waals surface area contributed by atoms with E-state index in [1.165, 1.54) is 23.7 Å². The first-order valence-corrected chi connectivity index (χ1v) is 11.2. The molecule has 0 fully saturated rings. The fraction of sp³-hybridized carbons (Fsp3) is 0.391. The maximum absolute atomic E-state index is 13.8. The van der Waals surface area contributed by atoms with Crippen LogP contribution in [0.2, 0.25) is 0 Å². The van der Waals surface area contributed by atoms with Crippen molar-refractivity contribution in [3.8, 4) is 11.5 Å². The molecule has 0 saturated heterocycles. The molecule has 0 aliphatic carbocycles. The van der Waals surface area contributed by atoms with E-state index in [-0.39, 0.29) is 29.3 Å². The molecule has 32 heavy (non-hydrogen) atoms. The third-order valence-electron chi connectivity index (χ3n) is 5.45. The Hall–Kier alpha value is -2.81. The van der Waals surface area contributed by atoms with Crippen molar-refractivity contribution in [3.05, 3.63) is 48.2 Å². The molecule has 1 aromatic heterocycles. The third kappa shape index (κ3) is 5.32. The van der Waals surface area contributed by atoms with E-state index in [1.807, 2.05) is 27.7 Å². The van der Waals surface area contributed by atoms with Crippen molar-refractivity contribution in [2.45, 2.75) is 58.8 Å². The molecule has 2 aromatic carbocycles. The predicted molar refractivity (Wildman–Crippen MR) is 122 cm³/mol. The molecule has 1 heterocycles. The molecule has 9 heteroatoms. The minimum absolute atomic E-state index is 0.0452. The highest BCUT2D eigenvalue weighted by Crippen LogP contribution is 2.40. The summed E-state index contributed by atoms with van der Waals surface area (Å²) >= 11 is 1.30. The zero-order valence-corrected chi connectivity index (χ0v) is 19.2. The molecule has 0 bridgehead atoms. The molecule has 2 atom stereocenters. The number of anilines is 1. The molecule has 3 aromatic rings. The number of hydrogen-bond donors (Lipinski definition) is 1. The maximum atomic E-state index is 13.8. The number of carbonyl (C=O) groups is 1. The van der Waals surface area contributed by atoms with Gasteiger partial charge in [0.15, 0.2) is 0 Å². The van der Waals surface area contributed by atoms with Crippen LogP contribution < -0.4 is 10.1 Å². The highest BCUT2D eigenvalue weighted by atomic mass is 32.1. The molecule has 5 nitrogen and oxygen atoms in total. The van der Waals surface area contributed by atoms with Crippen LogP contribution in [0, 0.1) is 0 Å². The van der Waals surface area contributed by atoms with E-state index < -0.39 is 17.8 Å². The lowest BCUT2D eigenvalue weighted by molar-refractivity contribution is -0.138. The summed E-state index contributed by atoms with van der Waals surface area (Å²) in [5.74, 6) is -0.0570. The van der Waals surface area contributed by atoms with Gasteiger partial charge in [-0.2, -0.15) is 17.5 Å². The van der Waals surface area contributed by atoms with Crippen molar-refractivity contribution in [1.29, 1.82) is 0 Å². The van der Waals surface area contributed by atoms with Gasteiger partial charge in [-0.1, -0.05) is 13.8 Å². The van der Waals surface area contributed by atoms with Gasteiger partial charge in [-0.3, -0.25) is 0 Å². The number of hydrogen-bond acceptors (Lipinski definition) is 4. The van der Waals surface area contributed by atoms with Crippen LogP contribution in [-0.4, -0.2) is 27.4 Å². The lowest BCUT2D eigenvalue weighted by Gasteiger charge is -2.34. The smallest absolute Gasteiger partial charge is 0.420 e. The lowest BCUT2D eigenvalue weighted by Crippen LogP contribution is -2.46. The van der Waals surface area contributed by atoms with Crippen molar-refractivity contribution in [1.82, 2.24) is 9.27 Å². The minimum atomic E-state index is -4.66. The number of fused-ring (bicyclic) bond motifs is 1. The summed E-state index contributed by atoms with van der Waals surface area (Å²) in [7, 11) is 0. The zero-order chi connectivity index (χ0) is 23.5. The number of benzene rings is 2. The summed E-state index contributed by atoms with van der Waals surface area (Å²) in [5, 5.41) is 3.41. The summed E-state index contributed by atoms with van der Waals surface area (Å²) in [6.07, 6.45) is -1.54. The maximum Gasteiger partial charge on any atom is 0.420 e. The molecule has 172 valence electrons. The molecule has 3 rings (SSSR count). The van der Waals surface area contributed by atoms with E-state index in [0.29, 0.717) is 0 Å². The van der Waals surface area contributed by atoms with Crippen LogP contribution in [-0.2, 0) is 6.18 Å². The van der Waals surface area contributed by atoms with Crippen molar-refractivity contribution >= 4 is 33.3 Å². The Morgan fingerprint density at radius 2 is 1.81 bits per heavy atom. The Morgan fingerprint density at radius 1 is 1.12 bits per heavy atom. The van der Waals surface area contributed by atoms with E-state index in [1.54, 1.807) is 29.3 Å². The summed E-state index contributed by atoms with van der Waals surface area (Å²) < 4.78 is 51.9. The summed E-state index contributed by atoms with van der Waals surface area (Å²) in [6.45, 7) is 7.77. The largest absolute Gasteiger partial charge is 0.457 e. The Bertz CT molecular complexity index is 1070. The van der Waals surface area contributed by atoms with Gasteiger partial charge < -0.3 is 15.0 Å². The number of nitrogens with zero attached hydrogens (tertiary/aromatic N) is 2. The number of carbonyl (C=O) groups excluding carboxylic acids is 1.